The zero-order valence-electron chi connectivity index (χ0n) is 9.60. The third-order valence-electron chi connectivity index (χ3n) is 2.56. The number of aliphatic hydroxyl groups excluding tert-OH is 1. The zero-order valence-corrected chi connectivity index (χ0v) is 9.60. The lowest BCUT2D eigenvalue weighted by Crippen LogP contribution is -2.38. The Bertz CT molecular complexity index is 283. The van der Waals surface area contributed by atoms with E-state index >= 15 is 0 Å². The Hall–Kier alpha value is -0.795. The first kappa shape index (κ1) is 12.3. The molecular weight excluding hydrogens is 187 g/mol. The maximum atomic E-state index is 9.43. The van der Waals surface area contributed by atoms with Crippen LogP contribution >= 0.6 is 0 Å². The van der Waals surface area contributed by atoms with Crippen LogP contribution < -0.4 is 0 Å². The monoisotopic (exact) mass is 205 g/mol. The average molecular weight is 205 g/mol. The fourth-order valence-corrected chi connectivity index (χ4v) is 1.07. The number of hydrogen-bond donors (Lipinski definition) is 1. The molecule has 2 nitrogen and oxygen atoms in total. The van der Waals surface area contributed by atoms with Crippen LogP contribution in [0.1, 0.15) is 26.3 Å². The molecule has 0 aromatic heterocycles. The Morgan fingerprint density at radius 2 is 1.93 bits per heavy atom. The van der Waals surface area contributed by atoms with E-state index in [0.29, 0.717) is 0 Å². The molecule has 0 amide bonds. The second-order valence-electron chi connectivity index (χ2n) is 4.25. The summed E-state index contributed by atoms with van der Waals surface area (Å²) < 4.78 is 5.52. The zero-order chi connectivity index (χ0) is 11.3. The molecule has 1 radical (unpaired) electrons. The molecule has 0 saturated carbocycles. The molecule has 1 atom stereocenters. The van der Waals surface area contributed by atoms with E-state index in [0.717, 1.165) is 6.32 Å². The lowest BCUT2D eigenvalue weighted by Gasteiger charge is -2.28. The van der Waals surface area contributed by atoms with Gasteiger partial charge in [0.05, 0.1) is 11.7 Å². The second kappa shape index (κ2) is 5.33. The molecule has 0 spiro atoms. The summed E-state index contributed by atoms with van der Waals surface area (Å²) in [5.41, 5.74) is 0.688. The molecule has 0 aliphatic carbocycles. The minimum Gasteiger partial charge on any atom is -0.433 e. The molecule has 0 saturated heterocycles. The van der Waals surface area contributed by atoms with E-state index in [1.807, 2.05) is 32.0 Å². The maximum Gasteiger partial charge on any atom is 0.297 e. The van der Waals surface area contributed by atoms with Gasteiger partial charge in [0, 0.05) is 0 Å². The summed E-state index contributed by atoms with van der Waals surface area (Å²) in [6, 6.07) is 10.1. The molecule has 1 aromatic rings. The van der Waals surface area contributed by atoms with Crippen molar-refractivity contribution in [1.82, 2.24) is 0 Å². The van der Waals surface area contributed by atoms with Crippen molar-refractivity contribution in [3.05, 3.63) is 35.9 Å². The fourth-order valence-electron chi connectivity index (χ4n) is 1.07. The highest BCUT2D eigenvalue weighted by Crippen LogP contribution is 2.14. The maximum absolute atomic E-state index is 9.43. The standard InChI is InChI=1S/C12H18BO2/c1-10(14)12(2,3)15-13-9-11-7-5-4-6-8-11/h4-8,10,14H,9H2,1-3H3. The summed E-state index contributed by atoms with van der Waals surface area (Å²) in [4.78, 5) is 0. The van der Waals surface area contributed by atoms with Crippen molar-refractivity contribution in [3.8, 4) is 0 Å². The third-order valence-corrected chi connectivity index (χ3v) is 2.56. The van der Waals surface area contributed by atoms with Crippen molar-refractivity contribution in [1.29, 1.82) is 0 Å². The topological polar surface area (TPSA) is 29.5 Å². The first-order valence-corrected chi connectivity index (χ1v) is 5.24. The van der Waals surface area contributed by atoms with Crippen molar-refractivity contribution < 1.29 is 9.76 Å². The van der Waals surface area contributed by atoms with Gasteiger partial charge in [-0.1, -0.05) is 35.9 Å². The van der Waals surface area contributed by atoms with Gasteiger partial charge in [-0.15, -0.1) is 0 Å². The van der Waals surface area contributed by atoms with Gasteiger partial charge in [0.15, 0.2) is 0 Å². The summed E-state index contributed by atoms with van der Waals surface area (Å²) in [6.07, 6.45) is 0.279. The van der Waals surface area contributed by atoms with Gasteiger partial charge in [-0.05, 0) is 27.1 Å². The van der Waals surface area contributed by atoms with E-state index in [9.17, 15) is 5.11 Å². The Kier molecular flexibility index (Phi) is 4.36. The van der Waals surface area contributed by atoms with E-state index in [-0.39, 0.29) is 0 Å². The van der Waals surface area contributed by atoms with E-state index in [1.54, 1.807) is 14.4 Å². The van der Waals surface area contributed by atoms with Crippen molar-refractivity contribution in [2.24, 2.45) is 0 Å². The average Bonchev–Trinajstić information content (AvgIpc) is 2.19. The predicted molar refractivity (Wildman–Crippen MR) is 62.7 cm³/mol. The number of rotatable bonds is 5. The van der Waals surface area contributed by atoms with Crippen LogP contribution in [0.5, 0.6) is 0 Å². The van der Waals surface area contributed by atoms with Crippen LogP contribution in [-0.2, 0) is 11.0 Å². The molecular formula is C12H18BO2. The van der Waals surface area contributed by atoms with Gasteiger partial charge in [0.2, 0.25) is 0 Å². The van der Waals surface area contributed by atoms with Gasteiger partial charge in [-0.2, -0.15) is 0 Å². The highest BCUT2D eigenvalue weighted by atomic mass is 16.5. The first-order valence-electron chi connectivity index (χ1n) is 5.24. The Labute approximate surface area is 92.6 Å². The van der Waals surface area contributed by atoms with Crippen LogP contribution in [0.25, 0.3) is 0 Å². The Balaban J connectivity index is 2.34. The number of aliphatic hydroxyl groups is 1. The first-order chi connectivity index (χ1) is 7.02. The Morgan fingerprint density at radius 3 is 2.47 bits per heavy atom. The molecule has 1 rings (SSSR count). The molecule has 0 aliphatic heterocycles. The molecule has 0 aliphatic rings. The predicted octanol–water partition coefficient (Wildman–Crippen LogP) is 1.98. The second-order valence-corrected chi connectivity index (χ2v) is 4.25. The number of benzene rings is 1. The van der Waals surface area contributed by atoms with Crippen LogP contribution in [0.2, 0.25) is 0 Å². The lowest BCUT2D eigenvalue weighted by atomic mass is 9.87. The van der Waals surface area contributed by atoms with Crippen LogP contribution in [0, 0.1) is 0 Å². The molecule has 15 heavy (non-hydrogen) atoms. The molecule has 0 bridgehead atoms. The summed E-state index contributed by atoms with van der Waals surface area (Å²) >= 11 is 0. The van der Waals surface area contributed by atoms with Gasteiger partial charge in [0.1, 0.15) is 0 Å². The van der Waals surface area contributed by atoms with Gasteiger partial charge in [-0.3, -0.25) is 0 Å². The summed E-state index contributed by atoms with van der Waals surface area (Å²) in [5.74, 6) is 0. The van der Waals surface area contributed by atoms with Crippen LogP contribution in [0.15, 0.2) is 30.3 Å². The third kappa shape index (κ3) is 4.06. The van der Waals surface area contributed by atoms with Crippen molar-refractivity contribution >= 4 is 7.48 Å². The van der Waals surface area contributed by atoms with Gasteiger partial charge < -0.3 is 9.76 Å². The highest BCUT2D eigenvalue weighted by Gasteiger charge is 2.24. The number of hydrogen-bond acceptors (Lipinski definition) is 2. The normalized spacial score (nSPS) is 13.6. The summed E-state index contributed by atoms with van der Waals surface area (Å²) in [5, 5.41) is 9.43. The fraction of sp³-hybridized carbons (Fsp3) is 0.500. The summed E-state index contributed by atoms with van der Waals surface area (Å²) in [7, 11) is 1.75. The van der Waals surface area contributed by atoms with E-state index < -0.39 is 11.7 Å². The quantitative estimate of drug-likeness (QED) is 0.744. The Morgan fingerprint density at radius 1 is 1.33 bits per heavy atom. The van der Waals surface area contributed by atoms with Crippen molar-refractivity contribution in [2.75, 3.05) is 0 Å². The van der Waals surface area contributed by atoms with E-state index in [2.05, 4.69) is 12.1 Å². The van der Waals surface area contributed by atoms with E-state index in [4.69, 9.17) is 4.65 Å². The minimum absolute atomic E-state index is 0.482. The molecule has 1 N–H and O–H groups in total. The van der Waals surface area contributed by atoms with Crippen LogP contribution in [-0.4, -0.2) is 24.3 Å². The molecule has 81 valence electrons. The van der Waals surface area contributed by atoms with E-state index in [1.165, 1.54) is 5.56 Å². The van der Waals surface area contributed by atoms with Crippen LogP contribution in [0.4, 0.5) is 0 Å². The SMILES string of the molecule is CC(O)C(C)(C)O[B]Cc1ccccc1. The molecule has 1 aromatic carbocycles. The van der Waals surface area contributed by atoms with Gasteiger partial charge in [0.25, 0.3) is 7.48 Å². The summed E-state index contributed by atoms with van der Waals surface area (Å²) in [6.45, 7) is 5.48. The molecule has 0 heterocycles. The molecule has 1 unspecified atom stereocenters. The molecule has 0 fully saturated rings. The smallest absolute Gasteiger partial charge is 0.297 e. The van der Waals surface area contributed by atoms with Gasteiger partial charge >= 0.3 is 0 Å². The minimum atomic E-state index is -0.519. The molecule has 3 heteroatoms. The largest absolute Gasteiger partial charge is 0.433 e. The lowest BCUT2D eigenvalue weighted by molar-refractivity contribution is -0.0163. The van der Waals surface area contributed by atoms with Crippen LogP contribution in [0.3, 0.4) is 0 Å². The van der Waals surface area contributed by atoms with Crippen molar-refractivity contribution in [3.63, 3.8) is 0 Å². The highest BCUT2D eigenvalue weighted by molar-refractivity contribution is 6.26. The van der Waals surface area contributed by atoms with Crippen molar-refractivity contribution in [2.45, 2.75) is 38.8 Å². The van der Waals surface area contributed by atoms with Gasteiger partial charge in [-0.25, -0.2) is 0 Å².